The maximum absolute atomic E-state index is 12.3. The van der Waals surface area contributed by atoms with Gasteiger partial charge in [-0.15, -0.1) is 0 Å². The van der Waals surface area contributed by atoms with Crippen molar-refractivity contribution in [1.29, 1.82) is 0 Å². The van der Waals surface area contributed by atoms with Gasteiger partial charge in [0.2, 0.25) is 0 Å². The quantitative estimate of drug-likeness (QED) is 0.806. The molecule has 1 heterocycles. The van der Waals surface area contributed by atoms with Crippen molar-refractivity contribution in [1.82, 2.24) is 4.57 Å². The molecule has 0 spiro atoms. The summed E-state index contributed by atoms with van der Waals surface area (Å²) in [7, 11) is 0. The molecule has 108 valence electrons. The Morgan fingerprint density at radius 3 is 2.14 bits per heavy atom. The molecule has 4 heteroatoms. The number of rotatable bonds is 3. The van der Waals surface area contributed by atoms with Gasteiger partial charge in [0.25, 0.3) is 11.5 Å². The SMILES string of the molecule is O=C(Nc1ccccc1)c1ccc(=O)n(-c2ccccc2)c1. The molecule has 2 aromatic carbocycles. The van der Waals surface area contributed by atoms with Crippen LogP contribution in [-0.4, -0.2) is 10.5 Å². The Morgan fingerprint density at radius 2 is 1.45 bits per heavy atom. The number of aromatic nitrogens is 1. The molecule has 3 rings (SSSR count). The number of pyridine rings is 1. The van der Waals surface area contributed by atoms with Crippen molar-refractivity contribution in [3.63, 3.8) is 0 Å². The smallest absolute Gasteiger partial charge is 0.257 e. The number of nitrogens with zero attached hydrogens (tertiary/aromatic N) is 1. The number of hydrogen-bond donors (Lipinski definition) is 1. The molecular weight excluding hydrogens is 276 g/mol. The summed E-state index contributed by atoms with van der Waals surface area (Å²) in [5.41, 5.74) is 1.68. The van der Waals surface area contributed by atoms with Crippen LogP contribution in [0.1, 0.15) is 10.4 Å². The van der Waals surface area contributed by atoms with Crippen molar-refractivity contribution >= 4 is 11.6 Å². The van der Waals surface area contributed by atoms with Crippen LogP contribution in [0, 0.1) is 0 Å². The van der Waals surface area contributed by atoms with Crippen molar-refractivity contribution in [3.8, 4) is 5.69 Å². The first kappa shape index (κ1) is 13.8. The second-order valence-corrected chi connectivity index (χ2v) is 4.78. The van der Waals surface area contributed by atoms with Crippen molar-refractivity contribution in [2.45, 2.75) is 0 Å². The lowest BCUT2D eigenvalue weighted by molar-refractivity contribution is 0.102. The summed E-state index contributed by atoms with van der Waals surface area (Å²) in [6.07, 6.45) is 1.55. The van der Waals surface area contributed by atoms with E-state index in [0.29, 0.717) is 11.3 Å². The predicted octanol–water partition coefficient (Wildman–Crippen LogP) is 3.09. The van der Waals surface area contributed by atoms with Crippen LogP contribution in [-0.2, 0) is 0 Å². The fraction of sp³-hybridized carbons (Fsp3) is 0. The van der Waals surface area contributed by atoms with Crippen LogP contribution in [0.3, 0.4) is 0 Å². The maximum Gasteiger partial charge on any atom is 0.257 e. The number of hydrogen-bond acceptors (Lipinski definition) is 2. The molecule has 0 aliphatic carbocycles. The maximum atomic E-state index is 12.3. The molecule has 0 fully saturated rings. The molecule has 0 saturated carbocycles. The van der Waals surface area contributed by atoms with Crippen LogP contribution in [0.4, 0.5) is 5.69 Å². The second-order valence-electron chi connectivity index (χ2n) is 4.78. The van der Waals surface area contributed by atoms with Gasteiger partial charge in [-0.2, -0.15) is 0 Å². The summed E-state index contributed by atoms with van der Waals surface area (Å²) in [6, 6.07) is 21.3. The lowest BCUT2D eigenvalue weighted by atomic mass is 10.2. The van der Waals surface area contributed by atoms with E-state index in [1.165, 1.54) is 16.7 Å². The minimum Gasteiger partial charge on any atom is -0.322 e. The molecule has 0 radical (unpaired) electrons. The summed E-state index contributed by atoms with van der Waals surface area (Å²) < 4.78 is 1.46. The van der Waals surface area contributed by atoms with E-state index in [-0.39, 0.29) is 11.5 Å². The number of para-hydroxylation sites is 2. The summed E-state index contributed by atoms with van der Waals surface area (Å²) in [5.74, 6) is -0.254. The third-order valence-electron chi connectivity index (χ3n) is 3.24. The first-order chi connectivity index (χ1) is 10.7. The van der Waals surface area contributed by atoms with Crippen LogP contribution in [0.15, 0.2) is 83.8 Å². The van der Waals surface area contributed by atoms with Gasteiger partial charge in [-0.1, -0.05) is 36.4 Å². The zero-order valence-electron chi connectivity index (χ0n) is 11.8. The number of carbonyl (C=O) groups excluding carboxylic acids is 1. The minimum atomic E-state index is -0.254. The zero-order chi connectivity index (χ0) is 15.4. The molecule has 0 bridgehead atoms. The van der Waals surface area contributed by atoms with Gasteiger partial charge in [0.1, 0.15) is 0 Å². The highest BCUT2D eigenvalue weighted by atomic mass is 16.2. The van der Waals surface area contributed by atoms with Crippen LogP contribution in [0.2, 0.25) is 0 Å². The standard InChI is InChI=1S/C18H14N2O2/c21-17-12-11-14(13-20(17)16-9-5-2-6-10-16)18(22)19-15-7-3-1-4-8-15/h1-13H,(H,19,22). The van der Waals surface area contributed by atoms with Gasteiger partial charge >= 0.3 is 0 Å². The average molecular weight is 290 g/mol. The number of benzene rings is 2. The molecule has 0 unspecified atom stereocenters. The largest absolute Gasteiger partial charge is 0.322 e. The van der Waals surface area contributed by atoms with E-state index in [2.05, 4.69) is 5.32 Å². The predicted molar refractivity (Wildman–Crippen MR) is 86.4 cm³/mol. The first-order valence-corrected chi connectivity index (χ1v) is 6.88. The van der Waals surface area contributed by atoms with Crippen LogP contribution >= 0.6 is 0 Å². The molecule has 1 aromatic heterocycles. The van der Waals surface area contributed by atoms with Crippen molar-refractivity contribution in [2.75, 3.05) is 5.32 Å². The van der Waals surface area contributed by atoms with E-state index < -0.39 is 0 Å². The summed E-state index contributed by atoms with van der Waals surface area (Å²) in [6.45, 7) is 0. The first-order valence-electron chi connectivity index (χ1n) is 6.88. The molecular formula is C18H14N2O2. The van der Waals surface area contributed by atoms with E-state index >= 15 is 0 Å². The number of nitrogens with one attached hydrogen (secondary N) is 1. The minimum absolute atomic E-state index is 0.178. The third-order valence-corrected chi connectivity index (χ3v) is 3.24. The molecule has 1 amide bonds. The lowest BCUT2D eigenvalue weighted by Gasteiger charge is -2.09. The Kier molecular flexibility index (Phi) is 3.83. The normalized spacial score (nSPS) is 10.2. The van der Waals surface area contributed by atoms with E-state index in [1.54, 1.807) is 6.20 Å². The Balaban J connectivity index is 1.92. The van der Waals surface area contributed by atoms with Crippen molar-refractivity contribution < 1.29 is 4.79 Å². The molecule has 4 nitrogen and oxygen atoms in total. The molecule has 22 heavy (non-hydrogen) atoms. The Hall–Kier alpha value is -3.14. The monoisotopic (exact) mass is 290 g/mol. The van der Waals surface area contributed by atoms with Gasteiger partial charge in [-0.3, -0.25) is 14.2 Å². The lowest BCUT2D eigenvalue weighted by Crippen LogP contribution is -2.20. The van der Waals surface area contributed by atoms with E-state index in [0.717, 1.165) is 5.69 Å². The average Bonchev–Trinajstić information content (AvgIpc) is 2.57. The molecule has 0 aliphatic heterocycles. The van der Waals surface area contributed by atoms with E-state index in [1.807, 2.05) is 60.7 Å². The zero-order valence-corrected chi connectivity index (χ0v) is 11.8. The number of anilines is 1. The van der Waals surface area contributed by atoms with Gasteiger partial charge in [0, 0.05) is 23.6 Å². The summed E-state index contributed by atoms with van der Waals surface area (Å²) in [4.78, 5) is 24.3. The molecule has 0 atom stereocenters. The van der Waals surface area contributed by atoms with Gasteiger partial charge in [-0.05, 0) is 30.3 Å². The van der Waals surface area contributed by atoms with E-state index in [4.69, 9.17) is 0 Å². The Labute approximate surface area is 127 Å². The molecule has 0 saturated heterocycles. The van der Waals surface area contributed by atoms with Crippen LogP contribution < -0.4 is 10.9 Å². The van der Waals surface area contributed by atoms with Crippen LogP contribution in [0.25, 0.3) is 5.69 Å². The third kappa shape index (κ3) is 2.96. The van der Waals surface area contributed by atoms with Gasteiger partial charge in [0.15, 0.2) is 0 Å². The van der Waals surface area contributed by atoms with Crippen LogP contribution in [0.5, 0.6) is 0 Å². The second kappa shape index (κ2) is 6.10. The fourth-order valence-electron chi connectivity index (χ4n) is 2.14. The van der Waals surface area contributed by atoms with Gasteiger partial charge in [0.05, 0.1) is 5.56 Å². The topological polar surface area (TPSA) is 51.1 Å². The van der Waals surface area contributed by atoms with Gasteiger partial charge in [-0.25, -0.2) is 0 Å². The van der Waals surface area contributed by atoms with Gasteiger partial charge < -0.3 is 5.32 Å². The molecule has 0 aliphatic rings. The Bertz CT molecular complexity index is 840. The highest BCUT2D eigenvalue weighted by molar-refractivity contribution is 6.04. The highest BCUT2D eigenvalue weighted by Crippen LogP contribution is 2.10. The fourth-order valence-corrected chi connectivity index (χ4v) is 2.14. The molecule has 3 aromatic rings. The van der Waals surface area contributed by atoms with Crippen molar-refractivity contribution in [3.05, 3.63) is 94.9 Å². The number of carbonyl (C=O) groups is 1. The number of amides is 1. The summed E-state index contributed by atoms with van der Waals surface area (Å²) >= 11 is 0. The molecule has 1 N–H and O–H groups in total. The van der Waals surface area contributed by atoms with Crippen molar-refractivity contribution in [2.24, 2.45) is 0 Å². The Morgan fingerprint density at radius 1 is 0.818 bits per heavy atom. The van der Waals surface area contributed by atoms with E-state index in [9.17, 15) is 9.59 Å². The summed E-state index contributed by atoms with van der Waals surface area (Å²) in [5, 5.41) is 2.80. The highest BCUT2D eigenvalue weighted by Gasteiger charge is 2.08.